The van der Waals surface area contributed by atoms with Gasteiger partial charge in [0, 0.05) is 17.9 Å². The van der Waals surface area contributed by atoms with Crippen molar-refractivity contribution in [2.24, 2.45) is 5.41 Å². The van der Waals surface area contributed by atoms with E-state index >= 15 is 0 Å². The van der Waals surface area contributed by atoms with Gasteiger partial charge in [0.05, 0.1) is 0 Å². The van der Waals surface area contributed by atoms with Crippen molar-refractivity contribution in [2.75, 3.05) is 6.54 Å². The molecule has 21 heavy (non-hydrogen) atoms. The second kappa shape index (κ2) is 5.31. The monoisotopic (exact) mass is 285 g/mol. The van der Waals surface area contributed by atoms with E-state index in [1.165, 1.54) is 62.5 Å². The van der Waals surface area contributed by atoms with Gasteiger partial charge < -0.3 is 10.1 Å². The molecule has 1 N–H and O–H groups in total. The lowest BCUT2D eigenvalue weighted by atomic mass is 9.60. The van der Waals surface area contributed by atoms with Crippen LogP contribution in [0.2, 0.25) is 0 Å². The van der Waals surface area contributed by atoms with Crippen LogP contribution >= 0.6 is 0 Å². The van der Waals surface area contributed by atoms with E-state index < -0.39 is 0 Å². The third-order valence-corrected chi connectivity index (χ3v) is 6.12. The Morgan fingerprint density at radius 3 is 2.76 bits per heavy atom. The van der Waals surface area contributed by atoms with Gasteiger partial charge in [-0.15, -0.1) is 0 Å². The third kappa shape index (κ3) is 2.19. The Morgan fingerprint density at radius 1 is 1.14 bits per heavy atom. The number of fused-ring (bicyclic) bond motifs is 1. The molecule has 2 nitrogen and oxygen atoms in total. The molecule has 0 bridgehead atoms. The molecule has 4 rings (SSSR count). The van der Waals surface area contributed by atoms with Crippen LogP contribution < -0.4 is 10.1 Å². The van der Waals surface area contributed by atoms with Gasteiger partial charge in [-0.25, -0.2) is 0 Å². The first-order valence-corrected chi connectivity index (χ1v) is 8.84. The van der Waals surface area contributed by atoms with E-state index in [1.54, 1.807) is 0 Å². The van der Waals surface area contributed by atoms with E-state index in [9.17, 15) is 0 Å². The van der Waals surface area contributed by atoms with Crippen LogP contribution in [0.5, 0.6) is 5.75 Å². The molecule has 0 aliphatic heterocycles. The lowest BCUT2D eigenvalue weighted by molar-refractivity contribution is -0.0755. The van der Waals surface area contributed by atoms with Gasteiger partial charge in [-0.1, -0.05) is 25.8 Å². The summed E-state index contributed by atoms with van der Waals surface area (Å²) in [5, 5.41) is 3.69. The Bertz CT molecular complexity index is 518. The van der Waals surface area contributed by atoms with Gasteiger partial charge in [-0.05, 0) is 61.9 Å². The highest BCUT2D eigenvalue weighted by atomic mass is 16.5. The Kier molecular flexibility index (Phi) is 3.45. The maximum atomic E-state index is 6.45. The number of nitrogens with one attached hydrogen (secondary N) is 1. The molecule has 1 spiro atoms. The lowest BCUT2D eigenvalue weighted by Crippen LogP contribution is -2.63. The molecule has 114 valence electrons. The molecule has 2 atom stereocenters. The molecule has 1 aromatic carbocycles. The van der Waals surface area contributed by atoms with Crippen LogP contribution in [0.1, 0.15) is 56.6 Å². The summed E-state index contributed by atoms with van der Waals surface area (Å²) in [5.74, 6) is 1.11. The van der Waals surface area contributed by atoms with E-state index in [1.807, 2.05) is 0 Å². The molecule has 1 aromatic rings. The van der Waals surface area contributed by atoms with E-state index in [0.717, 1.165) is 12.3 Å². The maximum absolute atomic E-state index is 6.45. The lowest BCUT2D eigenvalue weighted by Gasteiger charge is -2.54. The van der Waals surface area contributed by atoms with Gasteiger partial charge in [0.25, 0.3) is 0 Å². The molecule has 0 heterocycles. The van der Waals surface area contributed by atoms with Crippen molar-refractivity contribution in [1.82, 2.24) is 5.32 Å². The second-order valence-electron chi connectivity index (χ2n) is 7.18. The van der Waals surface area contributed by atoms with Crippen LogP contribution in [-0.4, -0.2) is 18.7 Å². The minimum absolute atomic E-state index is 0.426. The molecule has 0 aromatic heterocycles. The molecule has 3 aliphatic carbocycles. The molecule has 2 saturated carbocycles. The molecule has 0 radical (unpaired) electrons. The predicted molar refractivity (Wildman–Crippen MR) is 85.9 cm³/mol. The van der Waals surface area contributed by atoms with Gasteiger partial charge in [-0.3, -0.25) is 0 Å². The number of aryl methyl sites for hydroxylation is 2. The molecule has 0 saturated heterocycles. The zero-order valence-corrected chi connectivity index (χ0v) is 13.2. The summed E-state index contributed by atoms with van der Waals surface area (Å²) in [4.78, 5) is 0. The van der Waals surface area contributed by atoms with Gasteiger partial charge in [0.2, 0.25) is 0 Å². The summed E-state index contributed by atoms with van der Waals surface area (Å²) in [6.07, 6.45) is 10.9. The highest BCUT2D eigenvalue weighted by Crippen LogP contribution is 2.54. The molecule has 3 aliphatic rings. The number of hydrogen-bond acceptors (Lipinski definition) is 2. The van der Waals surface area contributed by atoms with E-state index in [2.05, 4.69) is 30.4 Å². The average Bonchev–Trinajstić information content (AvgIpc) is 3.16. The van der Waals surface area contributed by atoms with Gasteiger partial charge in [0.15, 0.2) is 0 Å². The standard InChI is InChI=1S/C19H27NO/c1-2-20-17-13-18(19(17)10-3-4-11-19)21-16-9-8-14-6-5-7-15(14)12-16/h8-9,12,17-18,20H,2-7,10-11,13H2,1H3. The van der Waals surface area contributed by atoms with Crippen molar-refractivity contribution in [1.29, 1.82) is 0 Å². The Labute approximate surface area is 128 Å². The molecule has 2 heteroatoms. The van der Waals surface area contributed by atoms with Gasteiger partial charge in [-0.2, -0.15) is 0 Å². The second-order valence-corrected chi connectivity index (χ2v) is 7.18. The fourth-order valence-corrected chi connectivity index (χ4v) is 4.94. The van der Waals surface area contributed by atoms with Crippen molar-refractivity contribution in [3.63, 3.8) is 0 Å². The van der Waals surface area contributed by atoms with Crippen LogP contribution in [0.25, 0.3) is 0 Å². The Balaban J connectivity index is 1.49. The van der Waals surface area contributed by atoms with Crippen molar-refractivity contribution in [3.8, 4) is 5.75 Å². The first-order chi connectivity index (χ1) is 10.3. The van der Waals surface area contributed by atoms with Crippen molar-refractivity contribution in [3.05, 3.63) is 29.3 Å². The molecule has 2 fully saturated rings. The first-order valence-electron chi connectivity index (χ1n) is 8.84. The largest absolute Gasteiger partial charge is 0.490 e. The maximum Gasteiger partial charge on any atom is 0.120 e. The van der Waals surface area contributed by atoms with Gasteiger partial charge in [0.1, 0.15) is 11.9 Å². The number of ether oxygens (including phenoxy) is 1. The Morgan fingerprint density at radius 2 is 1.95 bits per heavy atom. The van der Waals surface area contributed by atoms with E-state index in [4.69, 9.17) is 4.74 Å². The highest BCUT2D eigenvalue weighted by Gasteiger charge is 2.57. The molecule has 0 amide bonds. The number of benzene rings is 1. The average molecular weight is 285 g/mol. The SMILES string of the molecule is CCNC1CC(Oc2ccc3c(c2)CCC3)C12CCCC2. The molecule has 2 unspecified atom stereocenters. The summed E-state index contributed by atoms with van der Waals surface area (Å²) in [6.45, 7) is 3.30. The highest BCUT2D eigenvalue weighted by molar-refractivity contribution is 5.38. The van der Waals surface area contributed by atoms with Crippen molar-refractivity contribution >= 4 is 0 Å². The number of hydrogen-bond donors (Lipinski definition) is 1. The third-order valence-electron chi connectivity index (χ3n) is 6.12. The zero-order valence-electron chi connectivity index (χ0n) is 13.2. The zero-order chi connectivity index (χ0) is 14.3. The minimum atomic E-state index is 0.426. The quantitative estimate of drug-likeness (QED) is 0.907. The summed E-state index contributed by atoms with van der Waals surface area (Å²) in [7, 11) is 0. The van der Waals surface area contributed by atoms with Crippen LogP contribution in [0, 0.1) is 5.41 Å². The fraction of sp³-hybridized carbons (Fsp3) is 0.684. The van der Waals surface area contributed by atoms with Crippen molar-refractivity contribution < 1.29 is 4.74 Å². The summed E-state index contributed by atoms with van der Waals surface area (Å²) in [6, 6.07) is 7.49. The molecular formula is C19H27NO. The van der Waals surface area contributed by atoms with E-state index in [0.29, 0.717) is 17.6 Å². The van der Waals surface area contributed by atoms with Gasteiger partial charge >= 0.3 is 0 Å². The van der Waals surface area contributed by atoms with E-state index in [-0.39, 0.29) is 0 Å². The van der Waals surface area contributed by atoms with Crippen LogP contribution in [-0.2, 0) is 12.8 Å². The topological polar surface area (TPSA) is 21.3 Å². The van der Waals surface area contributed by atoms with Crippen LogP contribution in [0.3, 0.4) is 0 Å². The summed E-state index contributed by atoms with van der Waals surface area (Å²) in [5.41, 5.74) is 3.49. The van der Waals surface area contributed by atoms with Crippen LogP contribution in [0.15, 0.2) is 18.2 Å². The fourth-order valence-electron chi connectivity index (χ4n) is 4.94. The predicted octanol–water partition coefficient (Wildman–Crippen LogP) is 3.86. The smallest absolute Gasteiger partial charge is 0.120 e. The minimum Gasteiger partial charge on any atom is -0.490 e. The summed E-state index contributed by atoms with van der Waals surface area (Å²) < 4.78 is 6.45. The Hall–Kier alpha value is -1.02. The normalized spacial score (nSPS) is 29.4. The number of rotatable bonds is 4. The van der Waals surface area contributed by atoms with Crippen molar-refractivity contribution in [2.45, 2.75) is 70.4 Å². The van der Waals surface area contributed by atoms with Crippen LogP contribution in [0.4, 0.5) is 0 Å². The first kappa shape index (κ1) is 13.6. The molecular weight excluding hydrogens is 258 g/mol. The summed E-state index contributed by atoms with van der Waals surface area (Å²) >= 11 is 0.